The summed E-state index contributed by atoms with van der Waals surface area (Å²) in [6.45, 7) is 0.0175. The molecule has 0 saturated carbocycles. The molecule has 0 radical (unpaired) electrons. The second-order valence-electron chi connectivity index (χ2n) is 8.30. The van der Waals surface area contributed by atoms with E-state index in [0.717, 1.165) is 16.2 Å². The number of benzene rings is 2. The molecule has 37 heavy (non-hydrogen) atoms. The Morgan fingerprint density at radius 3 is 2.54 bits per heavy atom. The lowest BCUT2D eigenvalue weighted by atomic mass is 10.0. The predicted molar refractivity (Wildman–Crippen MR) is 139 cm³/mol. The number of carbonyl (C=O) groups is 2. The van der Waals surface area contributed by atoms with Gasteiger partial charge in [-0.25, -0.2) is 9.40 Å². The van der Waals surface area contributed by atoms with Crippen LogP contribution in [0.15, 0.2) is 65.1 Å². The average Bonchev–Trinajstić information content (AvgIpc) is 3.61. The van der Waals surface area contributed by atoms with Crippen molar-refractivity contribution < 1.29 is 28.2 Å². The quantitative estimate of drug-likeness (QED) is 0.393. The number of nitrogens with zero attached hydrogens (tertiary/aromatic N) is 3. The molecule has 0 saturated heterocycles. The Bertz CT molecular complexity index is 1280. The summed E-state index contributed by atoms with van der Waals surface area (Å²) in [5.74, 6) is -0.527. The smallest absolute Gasteiger partial charge is 0.262 e. The SMILES string of the molecule is COCCN(CC(=O)N1N=C(c2cccs2)C[C@@H]1c1ccc(OC)c(OC)c1)C(=O)c1ccccc1F. The molecule has 1 aliphatic rings. The Kier molecular flexibility index (Phi) is 8.52. The maximum Gasteiger partial charge on any atom is 0.262 e. The van der Waals surface area contributed by atoms with E-state index in [1.54, 1.807) is 26.4 Å². The average molecular weight is 526 g/mol. The molecule has 0 fully saturated rings. The highest BCUT2D eigenvalue weighted by molar-refractivity contribution is 7.12. The van der Waals surface area contributed by atoms with E-state index in [1.807, 2.05) is 29.6 Å². The van der Waals surface area contributed by atoms with Gasteiger partial charge in [-0.1, -0.05) is 24.3 Å². The highest BCUT2D eigenvalue weighted by atomic mass is 32.1. The first kappa shape index (κ1) is 26.3. The molecule has 194 valence electrons. The largest absolute Gasteiger partial charge is 0.493 e. The number of ether oxygens (including phenoxy) is 3. The van der Waals surface area contributed by atoms with Crippen molar-refractivity contribution in [2.45, 2.75) is 12.5 Å². The second kappa shape index (κ2) is 12.0. The molecule has 0 spiro atoms. The van der Waals surface area contributed by atoms with Crippen molar-refractivity contribution in [3.05, 3.63) is 81.8 Å². The number of thiophene rings is 1. The summed E-state index contributed by atoms with van der Waals surface area (Å²) in [5.41, 5.74) is 1.48. The fourth-order valence-corrected chi connectivity index (χ4v) is 4.87. The zero-order valence-corrected chi connectivity index (χ0v) is 21.7. The molecule has 2 aromatic carbocycles. The van der Waals surface area contributed by atoms with E-state index in [-0.39, 0.29) is 25.3 Å². The molecule has 0 N–H and O–H groups in total. The van der Waals surface area contributed by atoms with Crippen LogP contribution in [0.25, 0.3) is 0 Å². The van der Waals surface area contributed by atoms with E-state index in [9.17, 15) is 14.0 Å². The maximum absolute atomic E-state index is 14.4. The van der Waals surface area contributed by atoms with Crippen LogP contribution in [0.1, 0.15) is 33.3 Å². The van der Waals surface area contributed by atoms with Crippen molar-refractivity contribution >= 4 is 28.9 Å². The zero-order chi connectivity index (χ0) is 26.4. The number of rotatable bonds is 10. The summed E-state index contributed by atoms with van der Waals surface area (Å²) in [4.78, 5) is 29.1. The normalized spacial score (nSPS) is 14.9. The lowest BCUT2D eigenvalue weighted by Gasteiger charge is -2.27. The summed E-state index contributed by atoms with van der Waals surface area (Å²) in [5, 5.41) is 8.02. The van der Waals surface area contributed by atoms with Crippen LogP contribution in [0.4, 0.5) is 4.39 Å². The Balaban J connectivity index is 1.65. The molecule has 8 nitrogen and oxygen atoms in total. The number of hydrogen-bond acceptors (Lipinski definition) is 7. The zero-order valence-electron chi connectivity index (χ0n) is 20.8. The maximum atomic E-state index is 14.4. The van der Waals surface area contributed by atoms with Gasteiger partial charge in [-0.3, -0.25) is 9.59 Å². The monoisotopic (exact) mass is 525 g/mol. The fourth-order valence-electron chi connectivity index (χ4n) is 4.15. The number of hydrazone groups is 1. The Morgan fingerprint density at radius 1 is 1.08 bits per heavy atom. The van der Waals surface area contributed by atoms with Gasteiger partial charge in [0, 0.05) is 20.1 Å². The molecular formula is C27H28FN3O5S. The van der Waals surface area contributed by atoms with Crippen molar-refractivity contribution in [3.8, 4) is 11.5 Å². The Hall–Kier alpha value is -3.76. The van der Waals surface area contributed by atoms with Crippen LogP contribution < -0.4 is 9.47 Å². The van der Waals surface area contributed by atoms with E-state index >= 15 is 0 Å². The van der Waals surface area contributed by atoms with Gasteiger partial charge in [0.1, 0.15) is 12.4 Å². The third-order valence-corrected chi connectivity index (χ3v) is 6.97. The van der Waals surface area contributed by atoms with Crippen LogP contribution in [0.5, 0.6) is 11.5 Å². The minimum Gasteiger partial charge on any atom is -0.493 e. The predicted octanol–water partition coefficient (Wildman–Crippen LogP) is 4.37. The number of carbonyl (C=O) groups excluding carboxylic acids is 2. The van der Waals surface area contributed by atoms with Gasteiger partial charge in [-0.05, 0) is 41.3 Å². The number of halogens is 1. The van der Waals surface area contributed by atoms with Gasteiger partial charge in [0.05, 0.1) is 43.0 Å². The molecule has 2 heterocycles. The summed E-state index contributed by atoms with van der Waals surface area (Å²) in [6, 6.07) is 14.6. The van der Waals surface area contributed by atoms with E-state index in [0.29, 0.717) is 17.9 Å². The van der Waals surface area contributed by atoms with Crippen LogP contribution in [-0.4, -0.2) is 68.5 Å². The Morgan fingerprint density at radius 2 is 1.86 bits per heavy atom. The molecule has 1 atom stereocenters. The van der Waals surface area contributed by atoms with Crippen LogP contribution in [0, 0.1) is 5.82 Å². The van der Waals surface area contributed by atoms with E-state index in [1.165, 1.54) is 46.6 Å². The summed E-state index contributed by atoms with van der Waals surface area (Å²) in [7, 11) is 4.61. The van der Waals surface area contributed by atoms with Gasteiger partial charge in [-0.2, -0.15) is 5.10 Å². The van der Waals surface area contributed by atoms with Crippen molar-refractivity contribution in [3.63, 3.8) is 0 Å². The number of hydrogen-bond donors (Lipinski definition) is 0. The first-order valence-electron chi connectivity index (χ1n) is 11.6. The van der Waals surface area contributed by atoms with Gasteiger partial charge < -0.3 is 19.1 Å². The highest BCUT2D eigenvalue weighted by Crippen LogP contribution is 2.38. The van der Waals surface area contributed by atoms with Crippen LogP contribution in [-0.2, 0) is 9.53 Å². The molecule has 0 aliphatic carbocycles. The third kappa shape index (κ3) is 5.81. The Labute approximate surface area is 218 Å². The molecule has 1 aliphatic heterocycles. The molecule has 10 heteroatoms. The van der Waals surface area contributed by atoms with Gasteiger partial charge in [-0.15, -0.1) is 11.3 Å². The van der Waals surface area contributed by atoms with Crippen LogP contribution in [0.3, 0.4) is 0 Å². The highest BCUT2D eigenvalue weighted by Gasteiger charge is 2.35. The third-order valence-electron chi connectivity index (χ3n) is 6.05. The molecule has 4 rings (SSSR count). The van der Waals surface area contributed by atoms with E-state index < -0.39 is 23.7 Å². The van der Waals surface area contributed by atoms with Gasteiger partial charge in [0.2, 0.25) is 0 Å². The van der Waals surface area contributed by atoms with Gasteiger partial charge in [0.15, 0.2) is 11.5 Å². The van der Waals surface area contributed by atoms with E-state index in [4.69, 9.17) is 14.2 Å². The molecule has 0 unspecified atom stereocenters. The standard InChI is InChI=1S/C27H28FN3O5S/c1-34-13-12-30(27(33)19-7-4-5-8-20(19)28)17-26(32)31-22(16-21(29-31)25-9-6-14-37-25)18-10-11-23(35-2)24(15-18)36-3/h4-11,14-15,22H,12-13,16-17H2,1-3H3/t22-/m1/s1. The minimum absolute atomic E-state index is 0.105. The summed E-state index contributed by atoms with van der Waals surface area (Å²) in [6.07, 6.45) is 0.487. The van der Waals surface area contributed by atoms with Crippen molar-refractivity contribution in [2.75, 3.05) is 41.0 Å². The number of methoxy groups -OCH3 is 3. The van der Waals surface area contributed by atoms with Gasteiger partial charge >= 0.3 is 0 Å². The van der Waals surface area contributed by atoms with Crippen LogP contribution in [0.2, 0.25) is 0 Å². The van der Waals surface area contributed by atoms with Crippen molar-refractivity contribution in [1.29, 1.82) is 0 Å². The molecule has 2 amide bonds. The second-order valence-corrected chi connectivity index (χ2v) is 9.24. The van der Waals surface area contributed by atoms with E-state index in [2.05, 4.69) is 5.10 Å². The first-order chi connectivity index (χ1) is 18.0. The van der Waals surface area contributed by atoms with Gasteiger partial charge in [0.25, 0.3) is 11.8 Å². The minimum atomic E-state index is -0.648. The lowest BCUT2D eigenvalue weighted by Crippen LogP contribution is -2.43. The van der Waals surface area contributed by atoms with Crippen molar-refractivity contribution in [2.24, 2.45) is 5.10 Å². The first-order valence-corrected chi connectivity index (χ1v) is 12.5. The lowest BCUT2D eigenvalue weighted by molar-refractivity contribution is -0.133. The molecule has 3 aromatic rings. The van der Waals surface area contributed by atoms with Crippen molar-refractivity contribution in [1.82, 2.24) is 9.91 Å². The van der Waals surface area contributed by atoms with Crippen LogP contribution >= 0.6 is 11.3 Å². The molecule has 1 aromatic heterocycles. The molecule has 0 bridgehead atoms. The molecular weight excluding hydrogens is 497 g/mol. The summed E-state index contributed by atoms with van der Waals surface area (Å²) < 4.78 is 30.3. The number of amides is 2. The topological polar surface area (TPSA) is 80.7 Å². The fraction of sp³-hybridized carbons (Fsp3) is 0.296. The summed E-state index contributed by atoms with van der Waals surface area (Å²) >= 11 is 1.54.